The highest BCUT2D eigenvalue weighted by Gasteiger charge is 2.03. The quantitative estimate of drug-likeness (QED) is 0.743. The number of nitrogens with two attached hydrogens (primary N) is 1. The normalized spacial score (nSPS) is 10.4. The first-order valence-corrected chi connectivity index (χ1v) is 5.66. The fourth-order valence-electron chi connectivity index (χ4n) is 1.79. The number of hydrogen-bond acceptors (Lipinski definition) is 3. The minimum absolute atomic E-state index is 0.490. The molecule has 0 radical (unpaired) electrons. The molecule has 0 bridgehead atoms. The minimum Gasteiger partial charge on any atom is -0.384 e. The molecule has 0 spiro atoms. The summed E-state index contributed by atoms with van der Waals surface area (Å²) in [5.74, 6) is 1.21. The molecule has 0 atom stereocenters. The van der Waals surface area contributed by atoms with Crippen molar-refractivity contribution in [3.05, 3.63) is 60.9 Å². The molecule has 0 fully saturated rings. The van der Waals surface area contributed by atoms with E-state index < -0.39 is 0 Å². The zero-order valence-corrected chi connectivity index (χ0v) is 9.69. The minimum atomic E-state index is 0.490. The van der Waals surface area contributed by atoms with Gasteiger partial charge in [0.25, 0.3) is 0 Å². The molecule has 18 heavy (non-hydrogen) atoms. The Hall–Kier alpha value is -2.62. The Balaban J connectivity index is 2.00. The van der Waals surface area contributed by atoms with E-state index in [0.717, 1.165) is 16.9 Å². The van der Waals surface area contributed by atoms with Gasteiger partial charge in [-0.3, -0.25) is 0 Å². The molecule has 0 saturated carbocycles. The predicted molar refractivity (Wildman–Crippen MR) is 71.2 cm³/mol. The first kappa shape index (κ1) is 10.5. The second-order valence-corrected chi connectivity index (χ2v) is 3.96. The lowest BCUT2D eigenvalue weighted by atomic mass is 10.1. The second-order valence-electron chi connectivity index (χ2n) is 3.96. The Kier molecular flexibility index (Phi) is 2.53. The third kappa shape index (κ3) is 1.96. The Labute approximate surface area is 105 Å². The monoisotopic (exact) mass is 236 g/mol. The van der Waals surface area contributed by atoms with E-state index in [-0.39, 0.29) is 0 Å². The van der Waals surface area contributed by atoms with Gasteiger partial charge in [0.1, 0.15) is 5.82 Å². The zero-order valence-electron chi connectivity index (χ0n) is 9.69. The van der Waals surface area contributed by atoms with E-state index in [0.29, 0.717) is 5.82 Å². The van der Waals surface area contributed by atoms with Gasteiger partial charge in [-0.05, 0) is 17.7 Å². The van der Waals surface area contributed by atoms with Gasteiger partial charge in [0.05, 0.1) is 6.20 Å². The van der Waals surface area contributed by atoms with E-state index in [1.54, 1.807) is 10.7 Å². The largest absolute Gasteiger partial charge is 0.384 e. The Bertz CT molecular complexity index is 658. The summed E-state index contributed by atoms with van der Waals surface area (Å²) in [5, 5.41) is 4.30. The van der Waals surface area contributed by atoms with Crippen LogP contribution in [0.4, 0.5) is 5.82 Å². The van der Waals surface area contributed by atoms with Crippen LogP contribution in [0.1, 0.15) is 0 Å². The maximum absolute atomic E-state index is 5.66. The number of aromatic nitrogens is 3. The molecule has 2 aromatic heterocycles. The molecule has 4 nitrogen and oxygen atoms in total. The van der Waals surface area contributed by atoms with Crippen molar-refractivity contribution in [3.8, 4) is 16.9 Å². The van der Waals surface area contributed by atoms with Crippen molar-refractivity contribution in [3.63, 3.8) is 0 Å². The first-order chi connectivity index (χ1) is 8.83. The molecule has 0 amide bonds. The number of benzene rings is 1. The van der Waals surface area contributed by atoms with Gasteiger partial charge < -0.3 is 5.73 Å². The van der Waals surface area contributed by atoms with Crippen LogP contribution in [-0.2, 0) is 0 Å². The summed E-state index contributed by atoms with van der Waals surface area (Å²) >= 11 is 0. The van der Waals surface area contributed by atoms with Crippen LogP contribution in [0.5, 0.6) is 0 Å². The van der Waals surface area contributed by atoms with Crippen molar-refractivity contribution < 1.29 is 0 Å². The van der Waals surface area contributed by atoms with Crippen LogP contribution >= 0.6 is 0 Å². The smallest absolute Gasteiger partial charge is 0.155 e. The molecule has 1 aromatic carbocycles. The summed E-state index contributed by atoms with van der Waals surface area (Å²) in [5.41, 5.74) is 7.85. The van der Waals surface area contributed by atoms with Crippen LogP contribution in [0.2, 0.25) is 0 Å². The number of hydrogen-bond donors (Lipinski definition) is 1. The van der Waals surface area contributed by atoms with Crippen LogP contribution in [0, 0.1) is 0 Å². The molecule has 0 saturated heterocycles. The Morgan fingerprint density at radius 3 is 2.50 bits per heavy atom. The van der Waals surface area contributed by atoms with Crippen molar-refractivity contribution in [2.45, 2.75) is 0 Å². The van der Waals surface area contributed by atoms with Crippen LogP contribution in [-0.4, -0.2) is 14.8 Å². The maximum Gasteiger partial charge on any atom is 0.155 e. The van der Waals surface area contributed by atoms with Gasteiger partial charge in [-0.1, -0.05) is 36.4 Å². The van der Waals surface area contributed by atoms with Gasteiger partial charge in [-0.15, -0.1) is 0 Å². The molecule has 0 aliphatic heterocycles. The molecule has 3 aromatic rings. The van der Waals surface area contributed by atoms with E-state index in [4.69, 9.17) is 5.73 Å². The highest BCUT2D eigenvalue weighted by Crippen LogP contribution is 2.19. The summed E-state index contributed by atoms with van der Waals surface area (Å²) < 4.78 is 1.72. The average Bonchev–Trinajstić information content (AvgIpc) is 2.89. The van der Waals surface area contributed by atoms with Gasteiger partial charge in [0.15, 0.2) is 5.82 Å². The Morgan fingerprint density at radius 2 is 1.72 bits per heavy atom. The summed E-state index contributed by atoms with van der Waals surface area (Å²) in [4.78, 5) is 4.23. The maximum atomic E-state index is 5.66. The molecule has 0 aliphatic carbocycles. The number of anilines is 1. The fraction of sp³-hybridized carbons (Fsp3) is 0. The Morgan fingerprint density at radius 1 is 0.889 bits per heavy atom. The summed E-state index contributed by atoms with van der Waals surface area (Å²) in [6.45, 7) is 0. The van der Waals surface area contributed by atoms with Crippen molar-refractivity contribution in [1.82, 2.24) is 14.8 Å². The molecular weight excluding hydrogens is 224 g/mol. The van der Waals surface area contributed by atoms with E-state index in [9.17, 15) is 0 Å². The predicted octanol–water partition coefficient (Wildman–Crippen LogP) is 2.52. The molecule has 2 heterocycles. The molecule has 88 valence electrons. The fourth-order valence-corrected chi connectivity index (χ4v) is 1.79. The standard InChI is InChI=1S/C14H12N4/c15-13-7-4-8-14(17-13)18-10-12(9-16-18)11-5-2-1-3-6-11/h1-10H,(H2,15,17). The molecule has 2 N–H and O–H groups in total. The highest BCUT2D eigenvalue weighted by atomic mass is 15.3. The third-order valence-corrected chi connectivity index (χ3v) is 2.68. The summed E-state index contributed by atoms with van der Waals surface area (Å²) in [6, 6.07) is 15.6. The van der Waals surface area contributed by atoms with E-state index in [1.165, 1.54) is 0 Å². The van der Waals surface area contributed by atoms with Gasteiger partial charge in [0, 0.05) is 11.8 Å². The zero-order chi connectivity index (χ0) is 12.4. The second kappa shape index (κ2) is 4.33. The van der Waals surface area contributed by atoms with Crippen molar-refractivity contribution in [2.75, 3.05) is 5.73 Å². The van der Waals surface area contributed by atoms with Crippen molar-refractivity contribution >= 4 is 5.82 Å². The van der Waals surface area contributed by atoms with Crippen molar-refractivity contribution in [1.29, 1.82) is 0 Å². The summed E-state index contributed by atoms with van der Waals surface area (Å²) in [6.07, 6.45) is 3.76. The van der Waals surface area contributed by atoms with E-state index in [1.807, 2.05) is 54.9 Å². The first-order valence-electron chi connectivity index (χ1n) is 5.66. The third-order valence-electron chi connectivity index (χ3n) is 2.68. The number of pyridine rings is 1. The molecule has 3 rings (SSSR count). The molecule has 0 aliphatic rings. The molecule has 4 heteroatoms. The van der Waals surface area contributed by atoms with Crippen LogP contribution < -0.4 is 5.73 Å². The highest BCUT2D eigenvalue weighted by molar-refractivity contribution is 5.61. The van der Waals surface area contributed by atoms with E-state index in [2.05, 4.69) is 10.1 Å². The van der Waals surface area contributed by atoms with Gasteiger partial charge in [0.2, 0.25) is 0 Å². The number of nitrogen functional groups attached to an aromatic ring is 1. The topological polar surface area (TPSA) is 56.7 Å². The number of rotatable bonds is 2. The molecular formula is C14H12N4. The van der Waals surface area contributed by atoms with E-state index >= 15 is 0 Å². The SMILES string of the molecule is Nc1cccc(-n2cc(-c3ccccc3)cn2)n1. The average molecular weight is 236 g/mol. The van der Waals surface area contributed by atoms with Gasteiger partial charge in [-0.2, -0.15) is 5.10 Å². The molecule has 0 unspecified atom stereocenters. The van der Waals surface area contributed by atoms with Crippen LogP contribution in [0.15, 0.2) is 60.9 Å². The van der Waals surface area contributed by atoms with Crippen LogP contribution in [0.25, 0.3) is 16.9 Å². The lowest BCUT2D eigenvalue weighted by Crippen LogP contribution is -1.99. The van der Waals surface area contributed by atoms with Gasteiger partial charge >= 0.3 is 0 Å². The lowest BCUT2D eigenvalue weighted by Gasteiger charge is -2.00. The summed E-state index contributed by atoms with van der Waals surface area (Å²) in [7, 11) is 0. The van der Waals surface area contributed by atoms with Crippen molar-refractivity contribution in [2.24, 2.45) is 0 Å². The lowest BCUT2D eigenvalue weighted by molar-refractivity contribution is 0.849. The number of nitrogens with zero attached hydrogens (tertiary/aromatic N) is 3. The van der Waals surface area contributed by atoms with Gasteiger partial charge in [-0.25, -0.2) is 9.67 Å². The van der Waals surface area contributed by atoms with Crippen LogP contribution in [0.3, 0.4) is 0 Å².